The summed E-state index contributed by atoms with van der Waals surface area (Å²) in [5.74, 6) is 0. The molecule has 0 atom stereocenters. The van der Waals surface area contributed by atoms with E-state index in [4.69, 9.17) is 0 Å². The molecular formula is C2H4NORf2-. The molecule has 0 saturated carbocycles. The molecule has 0 spiro atoms. The molecule has 0 radical (unpaired) electrons. The summed E-state index contributed by atoms with van der Waals surface area (Å²) in [4.78, 5) is 0. The second-order valence-corrected chi connectivity index (χ2v) is 0.686. The quantitative estimate of drug-likeness (QED) is 0.398. The van der Waals surface area contributed by atoms with Crippen LogP contribution in [0, 0.1) is 0 Å². The largest absolute Gasteiger partial charge is 0.617 e. The Labute approximate surface area is 24.8 Å². The molecule has 2 nitrogen and oxygen atoms in total. The summed E-state index contributed by atoms with van der Waals surface area (Å²) in [5.41, 5.74) is 0. The Morgan fingerprint density at radius 1 is 1.17 bits per heavy atom. The molecule has 1 aliphatic heterocycles. The summed E-state index contributed by atoms with van der Waals surface area (Å²) in [7, 11) is 0. The van der Waals surface area contributed by atoms with Crippen molar-refractivity contribution in [2.45, 2.75) is 0 Å². The number of hydrogen-bond acceptors (Lipinski definition) is 1. The smallest absolute Gasteiger partial charge is 0 e. The van der Waals surface area contributed by atoms with Gasteiger partial charge in [-0.3, -0.25) is 0 Å². The first kappa shape index (κ1) is 9.07. The van der Waals surface area contributed by atoms with Crippen LogP contribution in [0.25, 0.3) is 5.32 Å². The molecular weight excluding hydrogens is 588 g/mol. The SMILES string of the molecule is C1[N-]CO1.[Rf].[Rf]. The van der Waals surface area contributed by atoms with Gasteiger partial charge in [0.25, 0.3) is 0 Å². The van der Waals surface area contributed by atoms with E-state index in [0.717, 1.165) is 0 Å². The second-order valence-electron chi connectivity index (χ2n) is 0.686. The molecule has 0 bridgehead atoms. The second kappa shape index (κ2) is 2.92. The molecule has 0 amide bonds. The molecule has 0 aromatic carbocycles. The molecule has 1 heterocycles. The third-order valence-corrected chi connectivity index (χ3v) is 0.365. The van der Waals surface area contributed by atoms with Gasteiger partial charge in [0.15, 0.2) is 0 Å². The molecule has 1 saturated heterocycles. The van der Waals surface area contributed by atoms with E-state index in [-0.39, 0.29) is 0 Å². The number of hydrogen-bond donors (Lipinski definition) is 0. The topological polar surface area (TPSA) is 23.3 Å². The molecule has 1 aliphatic rings. The number of nitrogens with zero attached hydrogens (tertiary/aromatic N) is 1. The van der Waals surface area contributed by atoms with Gasteiger partial charge in [-0.05, 0) is 13.5 Å². The third kappa shape index (κ3) is 0.441. The van der Waals surface area contributed by atoms with Crippen molar-refractivity contribution in [1.82, 2.24) is 0 Å². The van der Waals surface area contributed by atoms with Crippen molar-refractivity contribution in [3.05, 3.63) is 5.32 Å². The van der Waals surface area contributed by atoms with E-state index in [0.29, 0.717) is 13.5 Å². The summed E-state index contributed by atoms with van der Waals surface area (Å²) in [6, 6.07) is 0. The van der Waals surface area contributed by atoms with Crippen molar-refractivity contribution in [3.8, 4) is 0 Å². The first-order chi connectivity index (χ1) is 2.00. The van der Waals surface area contributed by atoms with Crippen LogP contribution in [0.1, 0.15) is 0 Å². The summed E-state index contributed by atoms with van der Waals surface area (Å²) in [6.07, 6.45) is 0. The van der Waals surface area contributed by atoms with Gasteiger partial charge < -0.3 is 10.1 Å². The van der Waals surface area contributed by atoms with Crippen LogP contribution in [0.5, 0.6) is 0 Å². The van der Waals surface area contributed by atoms with Gasteiger partial charge in [-0.2, -0.15) is 0 Å². The van der Waals surface area contributed by atoms with E-state index in [1.807, 2.05) is 0 Å². The molecule has 0 aromatic rings. The molecule has 6 heavy (non-hydrogen) atoms. The zero-order valence-corrected chi connectivity index (χ0v) is 16.5. The van der Waals surface area contributed by atoms with Crippen molar-refractivity contribution < 1.29 is 4.74 Å². The van der Waals surface area contributed by atoms with Gasteiger partial charge in [0.1, 0.15) is 0 Å². The van der Waals surface area contributed by atoms with E-state index in [1.54, 1.807) is 0 Å². The van der Waals surface area contributed by atoms with Gasteiger partial charge in [0.05, 0.1) is 0 Å². The maximum absolute atomic E-state index is 4.56. The molecule has 1 rings (SSSR count). The molecule has 1 fully saturated rings. The predicted molar refractivity (Wildman–Crippen MR) is 14.2 cm³/mol. The maximum Gasteiger partial charge on any atom is 0 e. The van der Waals surface area contributed by atoms with Crippen LogP contribution in [-0.4, -0.2) is 13.5 Å². The molecule has 28 valence electrons. The Morgan fingerprint density at radius 2 is 1.33 bits per heavy atom. The number of rotatable bonds is 0. The van der Waals surface area contributed by atoms with E-state index in [1.165, 1.54) is 0 Å². The summed E-state index contributed by atoms with van der Waals surface area (Å²) < 4.78 is 4.56. The fourth-order valence-corrected chi connectivity index (χ4v) is 0.0913. The summed E-state index contributed by atoms with van der Waals surface area (Å²) in [6.45, 7) is 1.25. The molecule has 0 unspecified atom stereocenters. The van der Waals surface area contributed by atoms with E-state index < -0.39 is 0 Å². The van der Waals surface area contributed by atoms with Crippen LogP contribution in [0.2, 0.25) is 0 Å². The molecule has 0 aromatic heterocycles. The Hall–Kier alpha value is -2.08. The van der Waals surface area contributed by atoms with Gasteiger partial charge >= 0.3 is 0 Å². The predicted octanol–water partition coefficient (Wildman–Crippen LogP) is 0.305. The Kier molecular flexibility index (Phi) is 4.41. The van der Waals surface area contributed by atoms with Crippen LogP contribution in [0.15, 0.2) is 0 Å². The monoisotopic (exact) mass is 592 g/mol. The average Bonchev–Trinajstić information content (AvgIpc) is 0.722. The van der Waals surface area contributed by atoms with Crippen molar-refractivity contribution in [3.63, 3.8) is 0 Å². The normalized spacial score (nSPS) is 16.0. The zero-order chi connectivity index (χ0) is 2.83. The fourth-order valence-electron chi connectivity index (χ4n) is 0.0913. The third-order valence-electron chi connectivity index (χ3n) is 0.365. The summed E-state index contributed by atoms with van der Waals surface area (Å²) >= 11 is 0. The van der Waals surface area contributed by atoms with E-state index >= 15 is 0 Å². The first-order valence-corrected chi connectivity index (χ1v) is 1.21. The van der Waals surface area contributed by atoms with Crippen molar-refractivity contribution in [1.29, 1.82) is 0 Å². The minimum absolute atomic E-state index is 0. The van der Waals surface area contributed by atoms with Gasteiger partial charge in [0, 0.05) is 0 Å². The Bertz CT molecular complexity index is 19.5. The fraction of sp³-hybridized carbons (Fsp3) is 1.00. The van der Waals surface area contributed by atoms with Gasteiger partial charge in [-0.1, -0.05) is 0 Å². The van der Waals surface area contributed by atoms with Crippen molar-refractivity contribution in [2.75, 3.05) is 13.5 Å². The Morgan fingerprint density at radius 3 is 1.33 bits per heavy atom. The van der Waals surface area contributed by atoms with Crippen LogP contribution in [0.4, 0.5) is 0 Å². The molecule has 0 N–H and O–H groups in total. The minimum atomic E-state index is 0. The Balaban J connectivity index is 0. The van der Waals surface area contributed by atoms with Crippen molar-refractivity contribution >= 4 is 0 Å². The zero-order valence-electron chi connectivity index (χ0n) is 3.68. The number of ether oxygens (including phenoxy) is 1. The van der Waals surface area contributed by atoms with E-state index in [2.05, 4.69) is 10.1 Å². The first-order valence-electron chi connectivity index (χ1n) is 1.21. The minimum Gasteiger partial charge on any atom is -0.617 e. The van der Waals surface area contributed by atoms with Gasteiger partial charge in [0.2, 0.25) is 0 Å². The standard InChI is InChI=1S/C2H4NO.2Rf/c1-3-2-4-1;;/h1-2H2;;/q-1;;. The van der Waals surface area contributed by atoms with Crippen LogP contribution >= 0.6 is 0 Å². The molecule has 0 aliphatic carbocycles. The van der Waals surface area contributed by atoms with E-state index in [9.17, 15) is 0 Å². The van der Waals surface area contributed by atoms with Crippen LogP contribution < -0.4 is 0 Å². The molecule has 4 heteroatoms. The summed E-state index contributed by atoms with van der Waals surface area (Å²) in [5, 5.41) is 3.69. The maximum atomic E-state index is 4.56. The van der Waals surface area contributed by atoms with Gasteiger partial charge in [-0.25, -0.2) is 0 Å². The van der Waals surface area contributed by atoms with Crippen LogP contribution in [0.3, 0.4) is 0 Å². The average molecular weight is 592 g/mol. The van der Waals surface area contributed by atoms with Gasteiger partial charge in [-0.15, -0.1) is 0 Å². The van der Waals surface area contributed by atoms with Crippen molar-refractivity contribution in [2.24, 2.45) is 0 Å². The van der Waals surface area contributed by atoms with Crippen LogP contribution in [-0.2, 0) is 4.74 Å².